The van der Waals surface area contributed by atoms with Crippen molar-refractivity contribution in [3.63, 3.8) is 0 Å². The van der Waals surface area contributed by atoms with Crippen LogP contribution in [0, 0.1) is 5.41 Å². The molecule has 0 bridgehead atoms. The molecule has 0 aromatic carbocycles. The molecule has 0 aliphatic carbocycles. The average molecular weight is 450 g/mol. The van der Waals surface area contributed by atoms with Gasteiger partial charge in [-0.3, -0.25) is 9.59 Å². The van der Waals surface area contributed by atoms with Crippen LogP contribution >= 0.6 is 34.5 Å². The van der Waals surface area contributed by atoms with E-state index < -0.39 is 0 Å². The number of hydrogen-bond donors (Lipinski definition) is 0. The Kier molecular flexibility index (Phi) is 5.95. The van der Waals surface area contributed by atoms with Crippen LogP contribution in [0.25, 0.3) is 6.08 Å². The van der Waals surface area contributed by atoms with Crippen LogP contribution < -0.4 is 0 Å². The number of pyridine rings is 1. The molecule has 0 atom stereocenters. The summed E-state index contributed by atoms with van der Waals surface area (Å²) in [6, 6.07) is 5.21. The van der Waals surface area contributed by atoms with E-state index in [9.17, 15) is 9.59 Å². The number of rotatable bonds is 3. The first-order chi connectivity index (χ1) is 14.0. The summed E-state index contributed by atoms with van der Waals surface area (Å²) in [5.41, 5.74) is 1.52. The van der Waals surface area contributed by atoms with E-state index in [0.29, 0.717) is 18.7 Å². The molecule has 2 aromatic rings. The summed E-state index contributed by atoms with van der Waals surface area (Å²) in [5, 5.41) is 4.42. The largest absolute Gasteiger partial charge is 0.339 e. The van der Waals surface area contributed by atoms with Crippen molar-refractivity contribution in [1.82, 2.24) is 14.8 Å². The Labute approximate surface area is 183 Å². The Hall–Kier alpha value is -1.89. The highest BCUT2D eigenvalue weighted by molar-refractivity contribution is 7.08. The third-order valence-electron chi connectivity index (χ3n) is 5.87. The van der Waals surface area contributed by atoms with Gasteiger partial charge in [-0.05, 0) is 65.3 Å². The molecule has 0 radical (unpaired) electrons. The van der Waals surface area contributed by atoms with Crippen molar-refractivity contribution in [3.05, 3.63) is 56.5 Å². The molecule has 29 heavy (non-hydrogen) atoms. The van der Waals surface area contributed by atoms with Gasteiger partial charge in [0.2, 0.25) is 5.91 Å². The number of piperidine rings is 1. The second-order valence-corrected chi connectivity index (χ2v) is 9.19. The van der Waals surface area contributed by atoms with E-state index in [1.165, 1.54) is 0 Å². The lowest BCUT2D eigenvalue weighted by atomic mass is 9.78. The van der Waals surface area contributed by atoms with Gasteiger partial charge in [0.25, 0.3) is 5.91 Å². The summed E-state index contributed by atoms with van der Waals surface area (Å²) < 4.78 is 0. The van der Waals surface area contributed by atoms with Crippen LogP contribution in [0.3, 0.4) is 0 Å². The molecule has 4 heterocycles. The van der Waals surface area contributed by atoms with Crippen LogP contribution in [0.1, 0.15) is 35.2 Å². The Bertz CT molecular complexity index is 937. The fourth-order valence-corrected chi connectivity index (χ4v) is 5.16. The van der Waals surface area contributed by atoms with Crippen molar-refractivity contribution in [2.75, 3.05) is 26.2 Å². The topological polar surface area (TPSA) is 53.5 Å². The van der Waals surface area contributed by atoms with E-state index in [-0.39, 0.29) is 27.5 Å². The quantitative estimate of drug-likeness (QED) is 0.507. The minimum absolute atomic E-state index is 0.0519. The van der Waals surface area contributed by atoms with Crippen molar-refractivity contribution in [3.8, 4) is 0 Å². The number of likely N-dealkylation sites (tertiary alicyclic amines) is 2. The predicted molar refractivity (Wildman–Crippen MR) is 116 cm³/mol. The molecular weight excluding hydrogens is 429 g/mol. The van der Waals surface area contributed by atoms with Gasteiger partial charge in [-0.2, -0.15) is 11.3 Å². The van der Waals surface area contributed by atoms with Crippen LogP contribution in [-0.2, 0) is 4.79 Å². The van der Waals surface area contributed by atoms with Crippen molar-refractivity contribution in [2.24, 2.45) is 5.41 Å². The molecule has 152 valence electrons. The summed E-state index contributed by atoms with van der Waals surface area (Å²) in [6.07, 6.45) is 6.27. The summed E-state index contributed by atoms with van der Waals surface area (Å²) in [5.74, 6) is -0.0516. The lowest BCUT2D eigenvalue weighted by Crippen LogP contribution is -2.44. The average Bonchev–Trinajstić information content (AvgIpc) is 3.37. The van der Waals surface area contributed by atoms with Gasteiger partial charge in [0.1, 0.15) is 10.3 Å². The maximum absolute atomic E-state index is 12.9. The maximum atomic E-state index is 12.9. The number of nitrogens with zero attached hydrogens (tertiary/aromatic N) is 3. The van der Waals surface area contributed by atoms with Crippen molar-refractivity contribution < 1.29 is 9.59 Å². The number of hydrogen-bond acceptors (Lipinski definition) is 4. The first-order valence-corrected chi connectivity index (χ1v) is 11.3. The molecule has 8 heteroatoms. The number of thiophene rings is 1. The zero-order valence-electron chi connectivity index (χ0n) is 15.8. The summed E-state index contributed by atoms with van der Waals surface area (Å²) >= 11 is 13.6. The highest BCUT2D eigenvalue weighted by Crippen LogP contribution is 2.41. The van der Waals surface area contributed by atoms with Crippen molar-refractivity contribution in [2.45, 2.75) is 19.3 Å². The summed E-state index contributed by atoms with van der Waals surface area (Å²) in [6.45, 7) is 2.83. The van der Waals surface area contributed by atoms with Gasteiger partial charge in [0, 0.05) is 32.3 Å². The minimum atomic E-state index is -0.103. The van der Waals surface area contributed by atoms with Gasteiger partial charge in [0.05, 0.1) is 5.56 Å². The molecule has 2 aliphatic rings. The molecule has 0 N–H and O–H groups in total. The number of amides is 2. The van der Waals surface area contributed by atoms with Gasteiger partial charge in [-0.15, -0.1) is 0 Å². The number of aromatic nitrogens is 1. The Morgan fingerprint density at radius 3 is 2.45 bits per heavy atom. The van der Waals surface area contributed by atoms with Crippen LogP contribution in [-0.4, -0.2) is 52.8 Å². The molecule has 2 aliphatic heterocycles. The second-order valence-electron chi connectivity index (χ2n) is 7.66. The third-order valence-corrected chi connectivity index (χ3v) is 7.07. The maximum Gasteiger partial charge on any atom is 0.257 e. The lowest BCUT2D eigenvalue weighted by molar-refractivity contribution is -0.128. The Morgan fingerprint density at radius 1 is 1.07 bits per heavy atom. The monoisotopic (exact) mass is 449 g/mol. The molecule has 1 spiro atoms. The van der Waals surface area contributed by atoms with Gasteiger partial charge in [-0.25, -0.2) is 4.98 Å². The Morgan fingerprint density at radius 2 is 1.79 bits per heavy atom. The highest BCUT2D eigenvalue weighted by atomic mass is 35.5. The van der Waals surface area contributed by atoms with Crippen LogP contribution in [0.4, 0.5) is 0 Å². The smallest absolute Gasteiger partial charge is 0.257 e. The highest BCUT2D eigenvalue weighted by Gasteiger charge is 2.43. The van der Waals surface area contributed by atoms with Crippen LogP contribution in [0.2, 0.25) is 10.3 Å². The normalized spacial score (nSPS) is 18.7. The van der Waals surface area contributed by atoms with E-state index in [1.54, 1.807) is 29.5 Å². The molecule has 2 amide bonds. The first kappa shape index (κ1) is 20.4. The van der Waals surface area contributed by atoms with Gasteiger partial charge in [-0.1, -0.05) is 23.2 Å². The summed E-state index contributed by atoms with van der Waals surface area (Å²) in [7, 11) is 0. The molecule has 4 rings (SSSR count). The Balaban J connectivity index is 1.34. The fraction of sp³-hybridized carbons (Fsp3) is 0.381. The molecule has 2 saturated heterocycles. The third kappa shape index (κ3) is 4.49. The van der Waals surface area contributed by atoms with E-state index in [1.807, 2.05) is 32.7 Å². The molecular formula is C21H21Cl2N3O2S. The van der Waals surface area contributed by atoms with Crippen LogP contribution in [0.15, 0.2) is 35.0 Å². The summed E-state index contributed by atoms with van der Waals surface area (Å²) in [4.78, 5) is 33.0. The number of carbonyl (C=O) groups excluding carboxylic acids is 2. The number of carbonyl (C=O) groups is 2. The molecule has 2 fully saturated rings. The zero-order valence-corrected chi connectivity index (χ0v) is 18.1. The van der Waals surface area contributed by atoms with Crippen LogP contribution in [0.5, 0.6) is 0 Å². The van der Waals surface area contributed by atoms with E-state index in [2.05, 4.69) is 4.98 Å². The fourth-order valence-electron chi connectivity index (χ4n) is 4.10. The van der Waals surface area contributed by atoms with E-state index >= 15 is 0 Å². The van der Waals surface area contributed by atoms with Crippen molar-refractivity contribution in [1.29, 1.82) is 0 Å². The zero-order chi connectivity index (χ0) is 20.4. The molecule has 0 saturated carbocycles. The molecule has 0 unspecified atom stereocenters. The predicted octanol–water partition coefficient (Wildman–Crippen LogP) is 4.62. The van der Waals surface area contributed by atoms with Crippen molar-refractivity contribution >= 4 is 52.4 Å². The SMILES string of the molecule is O=C(C=Cc1ccsc1)N1CCC2(CC1)CCN(C(=O)c1ccc(Cl)nc1Cl)C2. The van der Waals surface area contributed by atoms with Gasteiger partial charge in [0.15, 0.2) is 0 Å². The second kappa shape index (κ2) is 8.46. The molecule has 5 nitrogen and oxygen atoms in total. The van der Waals surface area contributed by atoms with Gasteiger partial charge < -0.3 is 9.80 Å². The van der Waals surface area contributed by atoms with Gasteiger partial charge >= 0.3 is 0 Å². The number of halogens is 2. The lowest BCUT2D eigenvalue weighted by Gasteiger charge is -2.39. The molecule has 2 aromatic heterocycles. The standard InChI is InChI=1S/C21H21Cl2N3O2S/c22-17-3-2-16(19(23)24-17)20(28)26-11-8-21(14-26)6-9-25(10-7-21)18(27)4-1-15-5-12-29-13-15/h1-5,12-13H,6-11,14H2. The van der Waals surface area contributed by atoms with E-state index in [4.69, 9.17) is 23.2 Å². The van der Waals surface area contributed by atoms with E-state index in [0.717, 1.165) is 37.9 Å². The minimum Gasteiger partial charge on any atom is -0.339 e. The first-order valence-electron chi connectivity index (χ1n) is 9.56.